The summed E-state index contributed by atoms with van der Waals surface area (Å²) in [6, 6.07) is 2.87. The van der Waals surface area contributed by atoms with Crippen molar-refractivity contribution in [3.8, 4) is 0 Å². The molecule has 0 bridgehead atoms. The molecule has 0 rings (SSSR count). The van der Waals surface area contributed by atoms with E-state index in [-0.39, 0.29) is 0 Å². The first-order chi connectivity index (χ1) is 5.39. The Morgan fingerprint density at radius 1 is 0.917 bits per heavy atom. The SMILES string of the molecule is CCN(C)C.CC[Si](C)(C)CC. The summed E-state index contributed by atoms with van der Waals surface area (Å²) in [5.41, 5.74) is 0. The zero-order valence-electron chi connectivity index (χ0n) is 10.1. The number of nitrogens with zero attached hydrogens (tertiary/aromatic N) is 1. The van der Waals surface area contributed by atoms with Crippen LogP contribution in [-0.4, -0.2) is 33.6 Å². The van der Waals surface area contributed by atoms with Gasteiger partial charge in [-0.2, -0.15) is 0 Å². The van der Waals surface area contributed by atoms with Crippen LogP contribution in [0.4, 0.5) is 0 Å². The van der Waals surface area contributed by atoms with Crippen LogP contribution >= 0.6 is 0 Å². The average Bonchev–Trinajstić information content (AvgIpc) is 2.05. The average molecular weight is 189 g/mol. The van der Waals surface area contributed by atoms with E-state index in [1.807, 2.05) is 0 Å². The van der Waals surface area contributed by atoms with Gasteiger partial charge in [0, 0.05) is 8.07 Å². The van der Waals surface area contributed by atoms with Gasteiger partial charge in [-0.3, -0.25) is 0 Å². The fourth-order valence-corrected chi connectivity index (χ4v) is 0.750. The lowest BCUT2D eigenvalue weighted by Crippen LogP contribution is -2.21. The van der Waals surface area contributed by atoms with Gasteiger partial charge in [0.15, 0.2) is 0 Å². The Morgan fingerprint density at radius 2 is 1.17 bits per heavy atom. The van der Waals surface area contributed by atoms with Crippen LogP contribution in [0.15, 0.2) is 0 Å². The second kappa shape index (κ2) is 7.81. The Kier molecular flexibility index (Phi) is 9.56. The van der Waals surface area contributed by atoms with Crippen molar-refractivity contribution in [2.24, 2.45) is 0 Å². The van der Waals surface area contributed by atoms with Crippen LogP contribution in [-0.2, 0) is 0 Å². The van der Waals surface area contributed by atoms with E-state index in [0.717, 1.165) is 6.54 Å². The normalized spacial score (nSPS) is 11.0. The van der Waals surface area contributed by atoms with Crippen molar-refractivity contribution < 1.29 is 0 Å². The molecule has 0 spiro atoms. The van der Waals surface area contributed by atoms with Gasteiger partial charge in [0.05, 0.1) is 0 Å². The van der Waals surface area contributed by atoms with E-state index in [2.05, 4.69) is 52.9 Å². The fourth-order valence-electron chi connectivity index (χ4n) is 0.250. The monoisotopic (exact) mass is 189 g/mol. The standard InChI is InChI=1S/C6H16Si.C4H11N/c1-5-7(3,4)6-2;1-4-5(2)3/h5-6H2,1-4H3;4H2,1-3H3. The third-order valence-corrected chi connectivity index (χ3v) is 6.38. The van der Waals surface area contributed by atoms with Crippen molar-refractivity contribution in [2.75, 3.05) is 20.6 Å². The molecule has 0 fully saturated rings. The van der Waals surface area contributed by atoms with Crippen molar-refractivity contribution in [3.05, 3.63) is 0 Å². The summed E-state index contributed by atoms with van der Waals surface area (Å²) in [5, 5.41) is 0. The smallest absolute Gasteiger partial charge is 0.0468 e. The van der Waals surface area contributed by atoms with Gasteiger partial charge in [-0.05, 0) is 20.6 Å². The molecule has 0 amide bonds. The Balaban J connectivity index is 0. The molecule has 76 valence electrons. The molecule has 0 radical (unpaired) electrons. The lowest BCUT2D eigenvalue weighted by molar-refractivity contribution is 0.434. The molecule has 0 aromatic heterocycles. The van der Waals surface area contributed by atoms with Crippen LogP contribution in [0.1, 0.15) is 20.8 Å². The number of hydrogen-bond acceptors (Lipinski definition) is 1. The van der Waals surface area contributed by atoms with E-state index < -0.39 is 8.07 Å². The molecule has 0 aromatic carbocycles. The highest BCUT2D eigenvalue weighted by molar-refractivity contribution is 6.77. The summed E-state index contributed by atoms with van der Waals surface area (Å²) >= 11 is 0. The highest BCUT2D eigenvalue weighted by Crippen LogP contribution is 2.12. The molecule has 1 nitrogen and oxygen atoms in total. The van der Waals surface area contributed by atoms with Gasteiger partial charge in [-0.25, -0.2) is 0 Å². The maximum absolute atomic E-state index is 2.44. The van der Waals surface area contributed by atoms with Crippen molar-refractivity contribution in [3.63, 3.8) is 0 Å². The van der Waals surface area contributed by atoms with Crippen molar-refractivity contribution in [1.82, 2.24) is 4.90 Å². The molecule has 2 heteroatoms. The van der Waals surface area contributed by atoms with Crippen LogP contribution in [0.2, 0.25) is 25.2 Å². The molecule has 0 aliphatic carbocycles. The quantitative estimate of drug-likeness (QED) is 0.616. The van der Waals surface area contributed by atoms with Crippen LogP contribution in [0.5, 0.6) is 0 Å². The molecular formula is C10H27NSi. The predicted molar refractivity (Wildman–Crippen MR) is 62.7 cm³/mol. The van der Waals surface area contributed by atoms with E-state index in [1.54, 1.807) is 0 Å². The van der Waals surface area contributed by atoms with Crippen molar-refractivity contribution in [1.29, 1.82) is 0 Å². The Bertz CT molecular complexity index is 83.8. The first-order valence-electron chi connectivity index (χ1n) is 5.04. The fraction of sp³-hybridized carbons (Fsp3) is 1.00. The van der Waals surface area contributed by atoms with Crippen molar-refractivity contribution >= 4 is 8.07 Å². The highest BCUT2D eigenvalue weighted by atomic mass is 28.3. The molecule has 0 saturated heterocycles. The maximum atomic E-state index is 2.44. The Hall–Kier alpha value is 0.177. The zero-order valence-corrected chi connectivity index (χ0v) is 11.1. The summed E-state index contributed by atoms with van der Waals surface area (Å²) in [6.45, 7) is 12.7. The summed E-state index contributed by atoms with van der Waals surface area (Å²) in [5.74, 6) is 0. The first kappa shape index (κ1) is 14.7. The molecule has 0 N–H and O–H groups in total. The molecule has 0 aliphatic rings. The van der Waals surface area contributed by atoms with Crippen molar-refractivity contribution in [2.45, 2.75) is 46.0 Å². The van der Waals surface area contributed by atoms with Crippen LogP contribution in [0, 0.1) is 0 Å². The Morgan fingerprint density at radius 3 is 1.17 bits per heavy atom. The summed E-state index contributed by atoms with van der Waals surface area (Å²) in [6.07, 6.45) is 0. The summed E-state index contributed by atoms with van der Waals surface area (Å²) in [7, 11) is 3.46. The number of hydrogen-bond donors (Lipinski definition) is 0. The van der Waals surface area contributed by atoms with E-state index in [0.29, 0.717) is 0 Å². The molecular weight excluding hydrogens is 162 g/mol. The van der Waals surface area contributed by atoms with Gasteiger partial charge in [0.25, 0.3) is 0 Å². The molecule has 0 atom stereocenters. The minimum Gasteiger partial charge on any atom is -0.310 e. The highest BCUT2D eigenvalue weighted by Gasteiger charge is 2.12. The topological polar surface area (TPSA) is 3.24 Å². The van der Waals surface area contributed by atoms with Crippen LogP contribution in [0.3, 0.4) is 0 Å². The number of rotatable bonds is 3. The summed E-state index contributed by atoms with van der Waals surface area (Å²) < 4.78 is 0. The summed E-state index contributed by atoms with van der Waals surface area (Å²) in [4.78, 5) is 2.12. The van der Waals surface area contributed by atoms with E-state index in [4.69, 9.17) is 0 Å². The minimum absolute atomic E-state index is 0.651. The van der Waals surface area contributed by atoms with Crippen LogP contribution < -0.4 is 0 Å². The lowest BCUT2D eigenvalue weighted by atomic mass is 10.7. The molecule has 12 heavy (non-hydrogen) atoms. The lowest BCUT2D eigenvalue weighted by Gasteiger charge is -2.15. The van der Waals surface area contributed by atoms with E-state index in [1.165, 1.54) is 12.1 Å². The third kappa shape index (κ3) is 12.8. The third-order valence-electron chi connectivity index (χ3n) is 2.55. The molecule has 0 saturated carbocycles. The Labute approximate surface area is 80.2 Å². The van der Waals surface area contributed by atoms with Gasteiger partial charge < -0.3 is 4.90 Å². The van der Waals surface area contributed by atoms with Gasteiger partial charge >= 0.3 is 0 Å². The molecule has 0 unspecified atom stereocenters. The maximum Gasteiger partial charge on any atom is 0.0468 e. The van der Waals surface area contributed by atoms with Gasteiger partial charge in [-0.1, -0.05) is 46.0 Å². The van der Waals surface area contributed by atoms with Gasteiger partial charge in [0.1, 0.15) is 0 Å². The largest absolute Gasteiger partial charge is 0.310 e. The van der Waals surface area contributed by atoms with Crippen LogP contribution in [0.25, 0.3) is 0 Å². The first-order valence-corrected chi connectivity index (χ1v) is 8.45. The van der Waals surface area contributed by atoms with Gasteiger partial charge in [-0.15, -0.1) is 0 Å². The zero-order chi connectivity index (χ0) is 10.2. The molecule has 0 heterocycles. The second-order valence-electron chi connectivity index (χ2n) is 4.27. The predicted octanol–water partition coefficient (Wildman–Crippen LogP) is 3.30. The van der Waals surface area contributed by atoms with Gasteiger partial charge in [0.2, 0.25) is 0 Å². The molecule has 0 aromatic rings. The minimum atomic E-state index is -0.651. The van der Waals surface area contributed by atoms with E-state index in [9.17, 15) is 0 Å². The molecule has 0 aliphatic heterocycles. The second-order valence-corrected chi connectivity index (χ2v) is 10.0. The van der Waals surface area contributed by atoms with E-state index >= 15 is 0 Å².